The molecule has 1 spiro atoms. The zero-order chi connectivity index (χ0) is 13.0. The van der Waals surface area contributed by atoms with Crippen molar-refractivity contribution in [3.63, 3.8) is 0 Å². The van der Waals surface area contributed by atoms with Crippen LogP contribution in [0.5, 0.6) is 0 Å². The van der Waals surface area contributed by atoms with E-state index in [1.54, 1.807) is 0 Å². The van der Waals surface area contributed by atoms with Crippen LogP contribution in [-0.2, 0) is 14.3 Å². The highest BCUT2D eigenvalue weighted by Gasteiger charge is 2.64. The van der Waals surface area contributed by atoms with Crippen molar-refractivity contribution in [2.24, 2.45) is 16.7 Å². The van der Waals surface area contributed by atoms with Crippen LogP contribution in [-0.4, -0.2) is 24.8 Å². The molecule has 1 heterocycles. The van der Waals surface area contributed by atoms with Gasteiger partial charge in [0.25, 0.3) is 0 Å². The molecule has 0 unspecified atom stereocenters. The van der Waals surface area contributed by atoms with Crippen LogP contribution in [0, 0.1) is 16.7 Å². The number of ether oxygens (including phenoxy) is 2. The zero-order valence-electron chi connectivity index (χ0n) is 11.8. The van der Waals surface area contributed by atoms with E-state index >= 15 is 0 Å². The molecule has 0 aromatic rings. The number of Topliss-reactive ketones (excluding diaryl/α,β-unsaturated/α-hetero) is 1. The van der Waals surface area contributed by atoms with Gasteiger partial charge in [-0.15, -0.1) is 0 Å². The van der Waals surface area contributed by atoms with Gasteiger partial charge in [-0.2, -0.15) is 0 Å². The van der Waals surface area contributed by atoms with Crippen LogP contribution in [0.15, 0.2) is 0 Å². The molecule has 0 bridgehead atoms. The van der Waals surface area contributed by atoms with Gasteiger partial charge in [0.2, 0.25) is 0 Å². The van der Waals surface area contributed by atoms with E-state index < -0.39 is 5.79 Å². The van der Waals surface area contributed by atoms with E-state index in [1.807, 2.05) is 0 Å². The molecule has 0 amide bonds. The highest BCUT2D eigenvalue weighted by Crippen LogP contribution is 2.63. The second kappa shape index (κ2) is 3.80. The average Bonchev–Trinajstić information content (AvgIpc) is 2.81. The van der Waals surface area contributed by atoms with E-state index in [-0.39, 0.29) is 16.7 Å². The van der Waals surface area contributed by atoms with Crippen LogP contribution >= 0.6 is 0 Å². The van der Waals surface area contributed by atoms with Crippen molar-refractivity contribution in [3.05, 3.63) is 0 Å². The third kappa shape index (κ3) is 1.35. The second-order valence-corrected chi connectivity index (χ2v) is 6.76. The van der Waals surface area contributed by atoms with E-state index in [9.17, 15) is 4.79 Å². The molecule has 3 fully saturated rings. The van der Waals surface area contributed by atoms with Crippen molar-refractivity contribution in [3.8, 4) is 0 Å². The first-order chi connectivity index (χ1) is 8.45. The molecule has 1 aliphatic heterocycles. The predicted octanol–water partition coefficient (Wildman–Crippen LogP) is 2.93. The van der Waals surface area contributed by atoms with Gasteiger partial charge in [-0.3, -0.25) is 4.79 Å². The third-order valence-electron chi connectivity index (χ3n) is 6.34. The topological polar surface area (TPSA) is 35.5 Å². The lowest BCUT2D eigenvalue weighted by Crippen LogP contribution is -2.61. The van der Waals surface area contributed by atoms with Crippen molar-refractivity contribution in [1.82, 2.24) is 0 Å². The van der Waals surface area contributed by atoms with Crippen LogP contribution in [0.25, 0.3) is 0 Å². The average molecular weight is 252 g/mol. The highest BCUT2D eigenvalue weighted by molar-refractivity contribution is 5.86. The van der Waals surface area contributed by atoms with E-state index in [0.29, 0.717) is 19.0 Å². The Hall–Kier alpha value is -0.410. The summed E-state index contributed by atoms with van der Waals surface area (Å²) < 4.78 is 11.9. The van der Waals surface area contributed by atoms with Gasteiger partial charge in [-0.1, -0.05) is 20.8 Å². The maximum atomic E-state index is 12.4. The van der Waals surface area contributed by atoms with E-state index in [1.165, 1.54) is 0 Å². The van der Waals surface area contributed by atoms with Crippen molar-refractivity contribution in [2.45, 2.75) is 58.7 Å². The lowest BCUT2D eigenvalue weighted by atomic mass is 9.46. The van der Waals surface area contributed by atoms with E-state index in [4.69, 9.17) is 9.47 Å². The first-order valence-electron chi connectivity index (χ1n) is 7.26. The molecule has 1 saturated heterocycles. The van der Waals surface area contributed by atoms with Crippen LogP contribution in [0.3, 0.4) is 0 Å². The van der Waals surface area contributed by atoms with Crippen LogP contribution in [0.2, 0.25) is 0 Å². The number of carbonyl (C=O) groups excluding carboxylic acids is 1. The van der Waals surface area contributed by atoms with E-state index in [0.717, 1.165) is 32.1 Å². The Bertz CT molecular complexity index is 372. The molecule has 2 aliphatic carbocycles. The van der Waals surface area contributed by atoms with Crippen LogP contribution < -0.4 is 0 Å². The minimum absolute atomic E-state index is 0.0188. The largest absolute Gasteiger partial charge is 0.347 e. The quantitative estimate of drug-likeness (QED) is 0.665. The molecule has 0 aromatic carbocycles. The number of fused-ring (bicyclic) bond motifs is 1. The summed E-state index contributed by atoms with van der Waals surface area (Å²) in [6.45, 7) is 8.07. The van der Waals surface area contributed by atoms with E-state index in [2.05, 4.69) is 20.8 Å². The molecule has 3 heteroatoms. The summed E-state index contributed by atoms with van der Waals surface area (Å²) in [4.78, 5) is 12.4. The Kier molecular flexibility index (Phi) is 2.66. The fourth-order valence-electron chi connectivity index (χ4n) is 4.60. The Morgan fingerprint density at radius 3 is 2.44 bits per heavy atom. The smallest absolute Gasteiger partial charge is 0.171 e. The van der Waals surface area contributed by atoms with Gasteiger partial charge < -0.3 is 9.47 Å². The monoisotopic (exact) mass is 252 g/mol. The maximum absolute atomic E-state index is 12.4. The first kappa shape index (κ1) is 12.6. The number of ketones is 1. The molecule has 2 saturated carbocycles. The Balaban J connectivity index is 2.00. The predicted molar refractivity (Wildman–Crippen MR) is 68.1 cm³/mol. The minimum Gasteiger partial charge on any atom is -0.347 e. The van der Waals surface area contributed by atoms with Gasteiger partial charge in [-0.25, -0.2) is 0 Å². The molecule has 0 N–H and O–H groups in total. The van der Waals surface area contributed by atoms with Gasteiger partial charge >= 0.3 is 0 Å². The Morgan fingerprint density at radius 1 is 1.11 bits per heavy atom. The summed E-state index contributed by atoms with van der Waals surface area (Å²) >= 11 is 0. The zero-order valence-corrected chi connectivity index (χ0v) is 11.8. The standard InChI is InChI=1S/C15H24O3/c1-11-13(2)6-4-5-12(16)14(13,3)7-8-15(11)17-9-10-18-15/h11H,4-10H2,1-3H3/t11-,13-,14+/m0/s1. The van der Waals surface area contributed by atoms with Gasteiger partial charge in [0, 0.05) is 24.2 Å². The normalized spacial score (nSPS) is 47.3. The molecule has 3 atom stereocenters. The summed E-state index contributed by atoms with van der Waals surface area (Å²) in [5, 5.41) is 0. The molecule has 3 nitrogen and oxygen atoms in total. The van der Waals surface area contributed by atoms with Crippen molar-refractivity contribution in [1.29, 1.82) is 0 Å². The maximum Gasteiger partial charge on any atom is 0.171 e. The van der Waals surface area contributed by atoms with Crippen LogP contribution in [0.4, 0.5) is 0 Å². The summed E-state index contributed by atoms with van der Waals surface area (Å²) in [7, 11) is 0. The third-order valence-corrected chi connectivity index (χ3v) is 6.34. The van der Waals surface area contributed by atoms with Gasteiger partial charge in [0.15, 0.2) is 5.79 Å². The molecule has 0 aromatic heterocycles. The minimum atomic E-state index is -0.411. The summed E-state index contributed by atoms with van der Waals surface area (Å²) in [5.41, 5.74) is -0.157. The summed E-state index contributed by atoms with van der Waals surface area (Å²) in [6, 6.07) is 0. The van der Waals surface area contributed by atoms with Crippen LogP contribution in [0.1, 0.15) is 52.9 Å². The number of rotatable bonds is 0. The lowest BCUT2D eigenvalue weighted by Gasteiger charge is -2.60. The summed E-state index contributed by atoms with van der Waals surface area (Å²) in [5.74, 6) is 0.331. The van der Waals surface area contributed by atoms with Gasteiger partial charge in [0.1, 0.15) is 5.78 Å². The molecular weight excluding hydrogens is 228 g/mol. The highest BCUT2D eigenvalue weighted by atomic mass is 16.7. The second-order valence-electron chi connectivity index (χ2n) is 6.76. The van der Waals surface area contributed by atoms with Crippen molar-refractivity contribution >= 4 is 5.78 Å². The van der Waals surface area contributed by atoms with Gasteiger partial charge in [0.05, 0.1) is 13.2 Å². The molecule has 3 rings (SSSR count). The Labute approximate surface area is 109 Å². The fourth-order valence-corrected chi connectivity index (χ4v) is 4.60. The lowest BCUT2D eigenvalue weighted by molar-refractivity contribution is -0.266. The summed E-state index contributed by atoms with van der Waals surface area (Å²) in [6.07, 6.45) is 4.67. The number of hydrogen-bond donors (Lipinski definition) is 0. The number of hydrogen-bond acceptors (Lipinski definition) is 3. The first-order valence-corrected chi connectivity index (χ1v) is 7.26. The van der Waals surface area contributed by atoms with Gasteiger partial charge in [-0.05, 0) is 24.7 Å². The SMILES string of the molecule is C[C@@H]1C2(CC[C@]3(C)C(=O)CCC[C@@]13C)OCCO2. The Morgan fingerprint density at radius 2 is 1.78 bits per heavy atom. The number of carbonyl (C=O) groups is 1. The molecule has 102 valence electrons. The molecule has 0 radical (unpaired) electrons. The fraction of sp³-hybridized carbons (Fsp3) is 0.933. The molecule has 18 heavy (non-hydrogen) atoms. The molecular formula is C15H24O3. The van der Waals surface area contributed by atoms with Crippen molar-refractivity contribution in [2.75, 3.05) is 13.2 Å². The molecule has 3 aliphatic rings. The van der Waals surface area contributed by atoms with Crippen molar-refractivity contribution < 1.29 is 14.3 Å².